The minimum absolute atomic E-state index is 0.0451. The van der Waals surface area contributed by atoms with Gasteiger partial charge in [-0.1, -0.05) is 0 Å². The predicted octanol–water partition coefficient (Wildman–Crippen LogP) is 2.00. The van der Waals surface area contributed by atoms with Gasteiger partial charge in [0, 0.05) is 6.04 Å². The van der Waals surface area contributed by atoms with Crippen LogP contribution in [0.2, 0.25) is 0 Å². The zero-order valence-electron chi connectivity index (χ0n) is 8.09. The van der Waals surface area contributed by atoms with Crippen molar-refractivity contribution < 1.29 is 9.52 Å². The molecule has 0 saturated heterocycles. The Hall–Kier alpha value is -0.320. The monoisotopic (exact) mass is 259 g/mol. The van der Waals surface area contributed by atoms with E-state index in [0.717, 1.165) is 5.76 Å². The maximum absolute atomic E-state index is 9.39. The number of nitrogens with one attached hydrogen (secondary N) is 1. The van der Waals surface area contributed by atoms with Crippen molar-refractivity contribution in [1.82, 2.24) is 5.32 Å². The van der Waals surface area contributed by atoms with Crippen molar-refractivity contribution in [2.24, 2.45) is 0 Å². The van der Waals surface area contributed by atoms with Crippen LogP contribution in [-0.4, -0.2) is 17.8 Å². The van der Waals surface area contributed by atoms with E-state index in [1.807, 2.05) is 19.1 Å². The highest BCUT2D eigenvalue weighted by molar-refractivity contribution is 9.10. The summed E-state index contributed by atoms with van der Waals surface area (Å²) in [6.07, 6.45) is 2.38. The molecule has 78 valence electrons. The molecular weight excluding hydrogens is 246 g/mol. The average Bonchev–Trinajstić information content (AvgIpc) is 2.85. The lowest BCUT2D eigenvalue weighted by Gasteiger charge is -2.26. The number of rotatable bonds is 4. The van der Waals surface area contributed by atoms with Gasteiger partial charge in [0.2, 0.25) is 0 Å². The van der Waals surface area contributed by atoms with Crippen LogP contribution >= 0.6 is 15.9 Å². The molecule has 1 unspecified atom stereocenters. The normalized spacial score (nSPS) is 20.8. The topological polar surface area (TPSA) is 45.4 Å². The van der Waals surface area contributed by atoms with Crippen LogP contribution in [0.4, 0.5) is 0 Å². The van der Waals surface area contributed by atoms with Gasteiger partial charge in [-0.2, -0.15) is 0 Å². The summed E-state index contributed by atoms with van der Waals surface area (Å²) < 4.78 is 6.16. The summed E-state index contributed by atoms with van der Waals surface area (Å²) in [5, 5.41) is 12.8. The summed E-state index contributed by atoms with van der Waals surface area (Å²) in [6, 6.07) is 4.27. The summed E-state index contributed by atoms with van der Waals surface area (Å²) in [4.78, 5) is 0. The predicted molar refractivity (Wildman–Crippen MR) is 57.0 cm³/mol. The first-order chi connectivity index (χ1) is 6.64. The maximum Gasteiger partial charge on any atom is 0.169 e. The molecule has 1 fully saturated rings. The van der Waals surface area contributed by atoms with Crippen LogP contribution < -0.4 is 5.32 Å². The first-order valence-corrected chi connectivity index (χ1v) is 5.58. The van der Waals surface area contributed by atoms with Gasteiger partial charge < -0.3 is 14.8 Å². The number of aliphatic hydroxyl groups excluding tert-OH is 1. The molecule has 1 aliphatic carbocycles. The molecule has 0 radical (unpaired) electrons. The fourth-order valence-electron chi connectivity index (χ4n) is 1.48. The largest absolute Gasteiger partial charge is 0.452 e. The molecule has 1 heterocycles. The highest BCUT2D eigenvalue weighted by Crippen LogP contribution is 2.30. The minimum Gasteiger partial charge on any atom is -0.452 e. The first kappa shape index (κ1) is 10.2. The van der Waals surface area contributed by atoms with Gasteiger partial charge >= 0.3 is 0 Å². The van der Waals surface area contributed by atoms with E-state index in [9.17, 15) is 5.11 Å². The summed E-state index contributed by atoms with van der Waals surface area (Å²) in [7, 11) is 0. The Morgan fingerprint density at radius 2 is 2.36 bits per heavy atom. The minimum atomic E-state index is -0.451. The molecule has 3 nitrogen and oxygen atoms in total. The number of aliphatic hydroxyl groups is 1. The van der Waals surface area contributed by atoms with E-state index in [2.05, 4.69) is 21.2 Å². The second-order valence-corrected chi connectivity index (χ2v) is 4.79. The van der Waals surface area contributed by atoms with Crippen molar-refractivity contribution in [2.75, 3.05) is 6.61 Å². The van der Waals surface area contributed by atoms with Gasteiger partial charge in [0.05, 0.1) is 12.1 Å². The fourth-order valence-corrected chi connectivity index (χ4v) is 1.79. The molecule has 1 aromatic rings. The fraction of sp³-hybridized carbons (Fsp3) is 0.600. The standard InChI is InChI=1S/C10H14BrNO2/c1-10(6-13,12-7-2-3-7)8-4-5-9(11)14-8/h4-5,7,12-13H,2-3,6H2,1H3. The lowest BCUT2D eigenvalue weighted by Crippen LogP contribution is -2.43. The Morgan fingerprint density at radius 3 is 2.79 bits per heavy atom. The van der Waals surface area contributed by atoms with Crippen LogP contribution in [0.5, 0.6) is 0 Å². The van der Waals surface area contributed by atoms with Crippen molar-refractivity contribution in [3.63, 3.8) is 0 Å². The molecule has 0 bridgehead atoms. The average molecular weight is 260 g/mol. The van der Waals surface area contributed by atoms with Gasteiger partial charge in [-0.3, -0.25) is 0 Å². The molecule has 4 heteroatoms. The molecule has 0 aromatic carbocycles. The lowest BCUT2D eigenvalue weighted by atomic mass is 10.0. The van der Waals surface area contributed by atoms with Crippen LogP contribution in [0.3, 0.4) is 0 Å². The molecule has 1 aliphatic rings. The Balaban J connectivity index is 2.16. The zero-order chi connectivity index (χ0) is 10.2. The van der Waals surface area contributed by atoms with Crippen LogP contribution in [0, 0.1) is 0 Å². The smallest absolute Gasteiger partial charge is 0.169 e. The van der Waals surface area contributed by atoms with E-state index in [1.165, 1.54) is 12.8 Å². The van der Waals surface area contributed by atoms with Gasteiger partial charge in [-0.25, -0.2) is 0 Å². The van der Waals surface area contributed by atoms with Crippen molar-refractivity contribution in [1.29, 1.82) is 0 Å². The molecule has 1 atom stereocenters. The van der Waals surface area contributed by atoms with Crippen LogP contribution in [0.1, 0.15) is 25.5 Å². The molecule has 1 aromatic heterocycles. The van der Waals surface area contributed by atoms with Gasteiger partial charge in [-0.05, 0) is 47.8 Å². The highest BCUT2D eigenvalue weighted by atomic mass is 79.9. The number of hydrogen-bond donors (Lipinski definition) is 2. The van der Waals surface area contributed by atoms with Crippen molar-refractivity contribution >= 4 is 15.9 Å². The van der Waals surface area contributed by atoms with E-state index in [4.69, 9.17) is 4.42 Å². The molecule has 14 heavy (non-hydrogen) atoms. The first-order valence-electron chi connectivity index (χ1n) is 4.78. The van der Waals surface area contributed by atoms with Gasteiger partial charge in [0.1, 0.15) is 5.76 Å². The molecule has 0 amide bonds. The van der Waals surface area contributed by atoms with Crippen molar-refractivity contribution in [3.8, 4) is 0 Å². The number of furan rings is 1. The van der Waals surface area contributed by atoms with Crippen LogP contribution in [0.15, 0.2) is 21.2 Å². The Bertz CT molecular complexity index is 322. The Kier molecular flexibility index (Phi) is 2.68. The van der Waals surface area contributed by atoms with Crippen molar-refractivity contribution in [2.45, 2.75) is 31.3 Å². The van der Waals surface area contributed by atoms with Crippen molar-refractivity contribution in [3.05, 3.63) is 22.6 Å². The third-order valence-electron chi connectivity index (χ3n) is 2.53. The van der Waals surface area contributed by atoms with E-state index in [1.54, 1.807) is 0 Å². The summed E-state index contributed by atoms with van der Waals surface area (Å²) in [5.74, 6) is 0.777. The second-order valence-electron chi connectivity index (χ2n) is 4.01. The Labute approximate surface area is 91.6 Å². The van der Waals surface area contributed by atoms with E-state index in [-0.39, 0.29) is 6.61 Å². The molecule has 2 N–H and O–H groups in total. The lowest BCUT2D eigenvalue weighted by molar-refractivity contribution is 0.150. The quantitative estimate of drug-likeness (QED) is 0.870. The van der Waals surface area contributed by atoms with Gasteiger partial charge in [0.15, 0.2) is 4.67 Å². The van der Waals surface area contributed by atoms with E-state index < -0.39 is 5.54 Å². The third-order valence-corrected chi connectivity index (χ3v) is 2.96. The summed E-state index contributed by atoms with van der Waals surface area (Å²) in [6.45, 7) is 2.00. The number of hydrogen-bond acceptors (Lipinski definition) is 3. The summed E-state index contributed by atoms with van der Waals surface area (Å²) >= 11 is 3.26. The van der Waals surface area contributed by atoms with Gasteiger partial charge in [-0.15, -0.1) is 0 Å². The molecular formula is C10H14BrNO2. The zero-order valence-corrected chi connectivity index (χ0v) is 9.67. The molecule has 0 spiro atoms. The van der Waals surface area contributed by atoms with Crippen LogP contribution in [-0.2, 0) is 5.54 Å². The maximum atomic E-state index is 9.39. The number of halogens is 1. The highest BCUT2D eigenvalue weighted by Gasteiger charge is 2.35. The molecule has 1 saturated carbocycles. The van der Waals surface area contributed by atoms with Crippen LogP contribution in [0.25, 0.3) is 0 Å². The molecule has 0 aliphatic heterocycles. The molecule has 2 rings (SSSR count). The summed E-state index contributed by atoms with van der Waals surface area (Å²) in [5.41, 5.74) is -0.451. The Morgan fingerprint density at radius 1 is 1.64 bits per heavy atom. The van der Waals surface area contributed by atoms with Gasteiger partial charge in [0.25, 0.3) is 0 Å². The SMILES string of the molecule is CC(CO)(NC1CC1)c1ccc(Br)o1. The third kappa shape index (κ3) is 2.02. The van der Waals surface area contributed by atoms with E-state index >= 15 is 0 Å². The van der Waals surface area contributed by atoms with E-state index in [0.29, 0.717) is 10.7 Å². The second kappa shape index (κ2) is 3.68.